The van der Waals surface area contributed by atoms with Gasteiger partial charge in [0.15, 0.2) is 0 Å². The first-order valence-electron chi connectivity index (χ1n) is 13.0. The number of nitriles is 2. The van der Waals surface area contributed by atoms with E-state index in [1.165, 1.54) is 12.3 Å². The van der Waals surface area contributed by atoms with Crippen molar-refractivity contribution in [1.29, 1.82) is 10.5 Å². The van der Waals surface area contributed by atoms with E-state index in [-0.39, 0.29) is 5.91 Å². The molecule has 41 heavy (non-hydrogen) atoms. The van der Waals surface area contributed by atoms with Gasteiger partial charge in [-0.3, -0.25) is 9.78 Å². The molecule has 1 aromatic heterocycles. The van der Waals surface area contributed by atoms with Crippen LogP contribution in [0.15, 0.2) is 79.0 Å². The number of amides is 1. The number of ether oxygens (including phenoxy) is 2. The van der Waals surface area contributed by atoms with Crippen molar-refractivity contribution in [3.05, 3.63) is 95.7 Å². The van der Waals surface area contributed by atoms with E-state index in [4.69, 9.17) is 9.47 Å². The lowest BCUT2D eigenvalue weighted by Crippen LogP contribution is -2.13. The molecule has 0 unspecified atom stereocenters. The maximum Gasteiger partial charge on any atom is 0.248 e. The molecule has 1 heterocycles. The van der Waals surface area contributed by atoms with Gasteiger partial charge in [0.1, 0.15) is 30.2 Å². The molecule has 206 valence electrons. The third-order valence-electron chi connectivity index (χ3n) is 5.99. The molecule has 4 aromatic rings. The molecule has 0 fully saturated rings. The number of pyridine rings is 1. The van der Waals surface area contributed by atoms with Crippen LogP contribution in [0.2, 0.25) is 0 Å². The zero-order valence-electron chi connectivity index (χ0n) is 23.1. The fourth-order valence-corrected chi connectivity index (χ4v) is 4.06. The molecule has 9 nitrogen and oxygen atoms in total. The molecule has 0 aliphatic heterocycles. The summed E-state index contributed by atoms with van der Waals surface area (Å²) in [5.74, 6) is 0.607. The Balaban J connectivity index is 1.67. The van der Waals surface area contributed by atoms with Crippen molar-refractivity contribution in [2.75, 3.05) is 37.9 Å². The quantitative estimate of drug-likeness (QED) is 0.228. The molecule has 9 heteroatoms. The van der Waals surface area contributed by atoms with E-state index in [1.54, 1.807) is 36.4 Å². The third-order valence-corrected chi connectivity index (χ3v) is 5.99. The predicted octanol–water partition coefficient (Wildman–Crippen LogP) is 5.76. The number of anilines is 3. The topological polar surface area (TPSA) is 123 Å². The molecule has 4 rings (SSSR count). The van der Waals surface area contributed by atoms with Gasteiger partial charge in [-0.1, -0.05) is 36.4 Å². The minimum absolute atomic E-state index is 0.299. The minimum Gasteiger partial charge on any atom is -0.492 e. The second-order valence-electron chi connectivity index (χ2n) is 9.33. The second kappa shape index (κ2) is 13.6. The number of nitrogens with zero attached hydrogens (tertiary/aromatic N) is 4. The van der Waals surface area contributed by atoms with Gasteiger partial charge in [-0.2, -0.15) is 10.5 Å². The van der Waals surface area contributed by atoms with Gasteiger partial charge in [-0.25, -0.2) is 0 Å². The van der Waals surface area contributed by atoms with Crippen molar-refractivity contribution in [3.63, 3.8) is 0 Å². The van der Waals surface area contributed by atoms with Crippen LogP contribution >= 0.6 is 0 Å². The predicted molar refractivity (Wildman–Crippen MR) is 159 cm³/mol. The van der Waals surface area contributed by atoms with E-state index in [0.29, 0.717) is 70.3 Å². The summed E-state index contributed by atoms with van der Waals surface area (Å²) in [5.41, 5.74) is 3.72. The summed E-state index contributed by atoms with van der Waals surface area (Å²) in [6, 6.07) is 22.7. The molecule has 3 aromatic carbocycles. The zero-order chi connectivity index (χ0) is 29.2. The summed E-state index contributed by atoms with van der Waals surface area (Å²) in [6.45, 7) is 3.19. The van der Waals surface area contributed by atoms with Crippen LogP contribution in [0, 0.1) is 22.7 Å². The summed E-state index contributed by atoms with van der Waals surface area (Å²) in [4.78, 5) is 19.0. The lowest BCUT2D eigenvalue weighted by atomic mass is 10.1. The Kier molecular flexibility index (Phi) is 9.50. The molecule has 0 spiro atoms. The molecular weight excluding hydrogens is 516 g/mol. The van der Waals surface area contributed by atoms with Gasteiger partial charge in [0.05, 0.1) is 34.6 Å². The Hall–Kier alpha value is -5.38. The van der Waals surface area contributed by atoms with Gasteiger partial charge in [0, 0.05) is 36.0 Å². The van der Waals surface area contributed by atoms with Crippen molar-refractivity contribution in [2.24, 2.45) is 0 Å². The van der Waals surface area contributed by atoms with E-state index in [2.05, 4.69) is 27.8 Å². The number of carbonyl (C=O) groups is 1. The highest BCUT2D eigenvalue weighted by Crippen LogP contribution is 2.36. The van der Waals surface area contributed by atoms with Crippen LogP contribution in [0.3, 0.4) is 0 Å². The Morgan fingerprint density at radius 1 is 1.00 bits per heavy atom. The largest absolute Gasteiger partial charge is 0.492 e. The van der Waals surface area contributed by atoms with E-state index in [1.807, 2.05) is 56.3 Å². The maximum absolute atomic E-state index is 12.6. The van der Waals surface area contributed by atoms with Gasteiger partial charge in [0.2, 0.25) is 5.91 Å². The lowest BCUT2D eigenvalue weighted by Gasteiger charge is -2.16. The number of hydrogen-bond acceptors (Lipinski definition) is 8. The van der Waals surface area contributed by atoms with Crippen molar-refractivity contribution in [2.45, 2.75) is 13.5 Å². The Labute approximate surface area is 239 Å². The van der Waals surface area contributed by atoms with Crippen LogP contribution in [0.25, 0.3) is 10.9 Å². The number of carbonyl (C=O) groups excluding carboxylic acids is 1. The highest BCUT2D eigenvalue weighted by molar-refractivity contribution is 6.04. The van der Waals surface area contributed by atoms with Gasteiger partial charge in [-0.05, 0) is 50.8 Å². The fraction of sp³-hybridized carbons (Fsp3) is 0.188. The Bertz CT molecular complexity index is 1650. The molecule has 0 atom stereocenters. The van der Waals surface area contributed by atoms with Crippen molar-refractivity contribution >= 4 is 33.9 Å². The second-order valence-corrected chi connectivity index (χ2v) is 9.33. The number of nitrogens with one attached hydrogen (secondary N) is 2. The molecule has 1 amide bonds. The van der Waals surface area contributed by atoms with E-state index < -0.39 is 0 Å². The average molecular weight is 547 g/mol. The molecule has 2 N–H and O–H groups in total. The number of fused-ring (bicyclic) bond motifs is 1. The van der Waals surface area contributed by atoms with Gasteiger partial charge in [-0.15, -0.1) is 0 Å². The summed E-state index contributed by atoms with van der Waals surface area (Å²) in [5, 5.41) is 26.4. The van der Waals surface area contributed by atoms with E-state index in [9.17, 15) is 15.3 Å². The smallest absolute Gasteiger partial charge is 0.248 e. The molecule has 0 bridgehead atoms. The van der Waals surface area contributed by atoms with Crippen molar-refractivity contribution in [3.8, 4) is 23.6 Å². The third kappa shape index (κ3) is 7.39. The summed E-state index contributed by atoms with van der Waals surface area (Å²) >= 11 is 0. The van der Waals surface area contributed by atoms with E-state index in [0.717, 1.165) is 5.56 Å². The zero-order valence-corrected chi connectivity index (χ0v) is 23.1. The SMILES string of the molecule is CCOc1cc2ncc(C#N)c(Nc3ccc(OCc4ccccc4)c(C#N)c3)c2cc1NC(=O)C=CCN(C)C. The minimum atomic E-state index is -0.309. The van der Waals surface area contributed by atoms with Gasteiger partial charge in [0.25, 0.3) is 0 Å². The molecule has 0 saturated heterocycles. The number of likely N-dealkylation sites (N-methyl/N-ethyl adjacent to an activating group) is 1. The first kappa shape index (κ1) is 28.6. The molecule has 0 aliphatic rings. The van der Waals surface area contributed by atoms with Crippen LogP contribution < -0.4 is 20.1 Å². The number of benzene rings is 3. The summed E-state index contributed by atoms with van der Waals surface area (Å²) < 4.78 is 11.7. The number of hydrogen-bond donors (Lipinski definition) is 2. The monoisotopic (exact) mass is 546 g/mol. The summed E-state index contributed by atoms with van der Waals surface area (Å²) in [7, 11) is 3.83. The van der Waals surface area contributed by atoms with Crippen LogP contribution in [-0.2, 0) is 11.4 Å². The number of rotatable bonds is 11. The normalized spacial score (nSPS) is 10.8. The molecule has 0 aliphatic carbocycles. The maximum atomic E-state index is 12.6. The molecular formula is C32H30N6O3. The van der Waals surface area contributed by atoms with Gasteiger partial charge >= 0.3 is 0 Å². The van der Waals surface area contributed by atoms with Crippen molar-refractivity contribution < 1.29 is 14.3 Å². The average Bonchev–Trinajstić information content (AvgIpc) is 2.97. The van der Waals surface area contributed by atoms with Crippen LogP contribution in [-0.4, -0.2) is 43.0 Å². The van der Waals surface area contributed by atoms with Crippen LogP contribution in [0.1, 0.15) is 23.6 Å². The summed E-state index contributed by atoms with van der Waals surface area (Å²) in [6.07, 6.45) is 4.71. The highest BCUT2D eigenvalue weighted by Gasteiger charge is 2.16. The Morgan fingerprint density at radius 3 is 2.49 bits per heavy atom. The van der Waals surface area contributed by atoms with E-state index >= 15 is 0 Å². The highest BCUT2D eigenvalue weighted by atomic mass is 16.5. The first-order valence-corrected chi connectivity index (χ1v) is 13.0. The standard InChI is InChI=1S/C32H30N6O3/c1-4-40-30-17-27-26(16-28(30)37-31(39)11-8-14-38(2)3)32(24(19-34)20-35-27)36-25-12-13-29(23(15-25)18-33)41-21-22-9-6-5-7-10-22/h5-13,15-17,20H,4,14,21H2,1-3H3,(H,35,36)(H,37,39). The number of aromatic nitrogens is 1. The van der Waals surface area contributed by atoms with Crippen molar-refractivity contribution in [1.82, 2.24) is 9.88 Å². The molecule has 0 radical (unpaired) electrons. The first-order chi connectivity index (χ1) is 19.9. The molecule has 0 saturated carbocycles. The fourth-order valence-electron chi connectivity index (χ4n) is 4.06. The van der Waals surface area contributed by atoms with Crippen LogP contribution in [0.4, 0.5) is 17.1 Å². The van der Waals surface area contributed by atoms with Crippen LogP contribution in [0.5, 0.6) is 11.5 Å². The lowest BCUT2D eigenvalue weighted by molar-refractivity contribution is -0.111. The Morgan fingerprint density at radius 2 is 1.78 bits per heavy atom. The van der Waals surface area contributed by atoms with Gasteiger partial charge < -0.3 is 25.0 Å².